The van der Waals surface area contributed by atoms with Crippen molar-refractivity contribution in [3.05, 3.63) is 24.4 Å². The largest absolute Gasteiger partial charge is 0.353 e. The van der Waals surface area contributed by atoms with Crippen LogP contribution in [0, 0.1) is 17.8 Å². The van der Waals surface area contributed by atoms with Crippen molar-refractivity contribution in [2.75, 3.05) is 31.1 Å². The molecule has 0 unspecified atom stereocenters. The number of pyridine rings is 1. The first-order chi connectivity index (χ1) is 10.3. The number of nitrogens with zero attached hydrogens (tertiary/aromatic N) is 3. The van der Waals surface area contributed by atoms with E-state index in [9.17, 15) is 4.79 Å². The van der Waals surface area contributed by atoms with Crippen LogP contribution in [-0.2, 0) is 4.79 Å². The first kappa shape index (κ1) is 13.1. The molecule has 3 aliphatic rings. The molecule has 4 heteroatoms. The van der Waals surface area contributed by atoms with Crippen LogP contribution < -0.4 is 4.90 Å². The van der Waals surface area contributed by atoms with Crippen LogP contribution in [0.2, 0.25) is 0 Å². The number of hydrogen-bond donors (Lipinski definition) is 0. The Labute approximate surface area is 126 Å². The van der Waals surface area contributed by atoms with Crippen molar-refractivity contribution in [1.29, 1.82) is 0 Å². The van der Waals surface area contributed by atoms with E-state index in [4.69, 9.17) is 0 Å². The van der Waals surface area contributed by atoms with Gasteiger partial charge in [-0.2, -0.15) is 0 Å². The lowest BCUT2D eigenvalue weighted by atomic mass is 9.87. The van der Waals surface area contributed by atoms with E-state index >= 15 is 0 Å². The molecular weight excluding hydrogens is 262 g/mol. The number of fused-ring (bicyclic) bond motifs is 2. The summed E-state index contributed by atoms with van der Waals surface area (Å²) in [5.41, 5.74) is 0. The van der Waals surface area contributed by atoms with Crippen LogP contribution >= 0.6 is 0 Å². The summed E-state index contributed by atoms with van der Waals surface area (Å²) in [6.07, 6.45) is 6.95. The highest BCUT2D eigenvalue weighted by molar-refractivity contribution is 5.80. The molecule has 1 amide bonds. The predicted molar refractivity (Wildman–Crippen MR) is 82.0 cm³/mol. The summed E-state index contributed by atoms with van der Waals surface area (Å²) in [4.78, 5) is 21.5. The van der Waals surface area contributed by atoms with Gasteiger partial charge in [0.2, 0.25) is 5.91 Å². The molecule has 2 saturated carbocycles. The molecule has 0 aromatic carbocycles. The minimum atomic E-state index is 0.338. The van der Waals surface area contributed by atoms with Crippen LogP contribution in [0.4, 0.5) is 5.82 Å². The van der Waals surface area contributed by atoms with Crippen molar-refractivity contribution >= 4 is 11.7 Å². The molecule has 2 aliphatic carbocycles. The van der Waals surface area contributed by atoms with Gasteiger partial charge in [0.1, 0.15) is 5.82 Å². The van der Waals surface area contributed by atoms with Crippen LogP contribution in [0.1, 0.15) is 25.7 Å². The van der Waals surface area contributed by atoms with Crippen molar-refractivity contribution in [3.63, 3.8) is 0 Å². The zero-order valence-electron chi connectivity index (χ0n) is 12.4. The summed E-state index contributed by atoms with van der Waals surface area (Å²) in [7, 11) is 0. The van der Waals surface area contributed by atoms with Gasteiger partial charge in [0.05, 0.1) is 0 Å². The van der Waals surface area contributed by atoms with Crippen LogP contribution in [0.3, 0.4) is 0 Å². The van der Waals surface area contributed by atoms with E-state index in [0.29, 0.717) is 17.7 Å². The van der Waals surface area contributed by atoms with E-state index in [0.717, 1.165) is 44.3 Å². The van der Waals surface area contributed by atoms with Crippen molar-refractivity contribution in [2.24, 2.45) is 17.8 Å². The molecule has 2 heterocycles. The van der Waals surface area contributed by atoms with Gasteiger partial charge in [-0.05, 0) is 43.2 Å². The Bertz CT molecular complexity index is 510. The topological polar surface area (TPSA) is 36.4 Å². The Morgan fingerprint density at radius 1 is 1.10 bits per heavy atom. The average Bonchev–Trinajstić information content (AvgIpc) is 3.18. The number of aromatic nitrogens is 1. The standard InChI is InChI=1S/C17H23N3O/c21-17(15-12-13-4-5-14(15)11-13)20-9-7-19(8-10-20)16-3-1-2-6-18-16/h1-3,6,13-15H,4-5,7-12H2/t13-,14-,15+/m0/s1. The normalized spacial score (nSPS) is 31.7. The smallest absolute Gasteiger partial charge is 0.226 e. The first-order valence-corrected chi connectivity index (χ1v) is 8.26. The molecule has 21 heavy (non-hydrogen) atoms. The number of amides is 1. The third kappa shape index (κ3) is 2.41. The van der Waals surface area contributed by atoms with Gasteiger partial charge in [0.25, 0.3) is 0 Å². The fourth-order valence-electron chi connectivity index (χ4n) is 4.48. The number of carbonyl (C=O) groups is 1. The summed E-state index contributed by atoms with van der Waals surface area (Å²) < 4.78 is 0. The Kier molecular flexibility index (Phi) is 3.32. The predicted octanol–water partition coefficient (Wildman–Crippen LogP) is 2.17. The maximum atomic E-state index is 12.7. The third-order valence-corrected chi connectivity index (χ3v) is 5.62. The lowest BCUT2D eigenvalue weighted by Crippen LogP contribution is -2.51. The Hall–Kier alpha value is -1.58. The van der Waals surface area contributed by atoms with Crippen molar-refractivity contribution < 1.29 is 4.79 Å². The lowest BCUT2D eigenvalue weighted by Gasteiger charge is -2.37. The summed E-state index contributed by atoms with van der Waals surface area (Å²) in [6.45, 7) is 3.51. The third-order valence-electron chi connectivity index (χ3n) is 5.62. The highest BCUT2D eigenvalue weighted by Gasteiger charge is 2.44. The van der Waals surface area contributed by atoms with Crippen molar-refractivity contribution in [2.45, 2.75) is 25.7 Å². The van der Waals surface area contributed by atoms with Gasteiger partial charge in [0.15, 0.2) is 0 Å². The summed E-state index contributed by atoms with van der Waals surface area (Å²) >= 11 is 0. The summed E-state index contributed by atoms with van der Waals surface area (Å²) in [5, 5.41) is 0. The fraction of sp³-hybridized carbons (Fsp3) is 0.647. The Morgan fingerprint density at radius 3 is 2.57 bits per heavy atom. The van der Waals surface area contributed by atoms with Gasteiger partial charge in [-0.25, -0.2) is 4.98 Å². The average molecular weight is 285 g/mol. The molecule has 4 rings (SSSR count). The molecule has 1 aliphatic heterocycles. The van der Waals surface area contributed by atoms with Gasteiger partial charge in [-0.1, -0.05) is 12.5 Å². The molecule has 0 radical (unpaired) electrons. The van der Waals surface area contributed by atoms with E-state index in [2.05, 4.69) is 14.8 Å². The maximum Gasteiger partial charge on any atom is 0.226 e. The van der Waals surface area contributed by atoms with Crippen molar-refractivity contribution in [3.8, 4) is 0 Å². The van der Waals surface area contributed by atoms with E-state index in [1.54, 1.807) is 0 Å². The molecule has 3 atom stereocenters. The highest BCUT2D eigenvalue weighted by Crippen LogP contribution is 2.48. The number of carbonyl (C=O) groups excluding carboxylic acids is 1. The van der Waals surface area contributed by atoms with E-state index < -0.39 is 0 Å². The van der Waals surface area contributed by atoms with E-state index in [-0.39, 0.29) is 0 Å². The lowest BCUT2D eigenvalue weighted by molar-refractivity contribution is -0.137. The Morgan fingerprint density at radius 2 is 1.95 bits per heavy atom. The molecule has 4 nitrogen and oxygen atoms in total. The second kappa shape index (κ2) is 5.32. The molecule has 2 bridgehead atoms. The molecule has 1 aromatic heterocycles. The Balaban J connectivity index is 1.36. The van der Waals surface area contributed by atoms with Crippen molar-refractivity contribution in [1.82, 2.24) is 9.88 Å². The summed E-state index contributed by atoms with van der Waals surface area (Å²) in [6, 6.07) is 6.01. The first-order valence-electron chi connectivity index (χ1n) is 8.26. The van der Waals surface area contributed by atoms with Crippen LogP contribution in [-0.4, -0.2) is 42.0 Å². The maximum absolute atomic E-state index is 12.7. The van der Waals surface area contributed by atoms with Gasteiger partial charge in [-0.3, -0.25) is 4.79 Å². The fourth-order valence-corrected chi connectivity index (χ4v) is 4.48. The number of rotatable bonds is 2. The molecule has 0 N–H and O–H groups in total. The molecule has 112 valence electrons. The quantitative estimate of drug-likeness (QED) is 0.835. The van der Waals surface area contributed by atoms with Crippen LogP contribution in [0.15, 0.2) is 24.4 Å². The molecule has 1 saturated heterocycles. The van der Waals surface area contributed by atoms with Gasteiger partial charge < -0.3 is 9.80 Å². The summed E-state index contributed by atoms with van der Waals surface area (Å²) in [5.74, 6) is 3.34. The van der Waals surface area contributed by atoms with Gasteiger partial charge in [-0.15, -0.1) is 0 Å². The highest BCUT2D eigenvalue weighted by atomic mass is 16.2. The zero-order valence-corrected chi connectivity index (χ0v) is 12.4. The molecule has 0 spiro atoms. The number of piperazine rings is 1. The zero-order chi connectivity index (χ0) is 14.2. The number of anilines is 1. The monoisotopic (exact) mass is 285 g/mol. The minimum absolute atomic E-state index is 0.338. The van der Waals surface area contributed by atoms with Gasteiger partial charge >= 0.3 is 0 Å². The second-order valence-electron chi connectivity index (χ2n) is 6.78. The van der Waals surface area contributed by atoms with E-state index in [1.165, 1.54) is 19.3 Å². The van der Waals surface area contributed by atoms with Crippen LogP contribution in [0.25, 0.3) is 0 Å². The van der Waals surface area contributed by atoms with Gasteiger partial charge in [0, 0.05) is 38.3 Å². The van der Waals surface area contributed by atoms with E-state index in [1.807, 2.05) is 24.4 Å². The SMILES string of the molecule is O=C([C@@H]1C[C@H]2CC[C@H]1C2)N1CCN(c2ccccn2)CC1. The number of hydrogen-bond acceptors (Lipinski definition) is 3. The molecule has 1 aromatic rings. The minimum Gasteiger partial charge on any atom is -0.353 e. The second-order valence-corrected chi connectivity index (χ2v) is 6.78. The molecule has 3 fully saturated rings. The van der Waals surface area contributed by atoms with Crippen LogP contribution in [0.5, 0.6) is 0 Å². The molecular formula is C17H23N3O.